The lowest BCUT2D eigenvalue weighted by Gasteiger charge is -2.01. The van der Waals surface area contributed by atoms with Crippen molar-refractivity contribution < 1.29 is 14.3 Å². The molecule has 1 aliphatic rings. The molecule has 0 aromatic heterocycles. The van der Waals surface area contributed by atoms with Crippen LogP contribution in [0.2, 0.25) is 10.0 Å². The molecule has 8 heteroatoms. The number of methoxy groups -OCH3 is 1. The topological polar surface area (TPSA) is 67.8 Å². The first-order chi connectivity index (χ1) is 9.51. The van der Waals surface area contributed by atoms with E-state index in [4.69, 9.17) is 23.2 Å². The number of halogens is 2. The summed E-state index contributed by atoms with van der Waals surface area (Å²) >= 11 is 13.0. The van der Waals surface area contributed by atoms with Crippen molar-refractivity contribution >= 4 is 57.7 Å². The number of amides is 1. The van der Waals surface area contributed by atoms with Crippen LogP contribution in [0.5, 0.6) is 0 Å². The van der Waals surface area contributed by atoms with Gasteiger partial charge in [-0.25, -0.2) is 9.79 Å². The Balaban J connectivity index is 2.29. The number of hydrogen-bond donors (Lipinski definition) is 1. The maximum absolute atomic E-state index is 11.6. The highest BCUT2D eigenvalue weighted by atomic mass is 35.5. The summed E-state index contributed by atoms with van der Waals surface area (Å²) in [6.07, 6.45) is 1.09. The highest BCUT2D eigenvalue weighted by molar-refractivity contribution is 8.18. The summed E-state index contributed by atoms with van der Waals surface area (Å²) in [5, 5.41) is 3.54. The number of carbonyl (C=O) groups is 2. The normalized spacial score (nSPS) is 18.4. The first-order valence-electron chi connectivity index (χ1n) is 5.33. The van der Waals surface area contributed by atoms with Crippen LogP contribution in [0.3, 0.4) is 0 Å². The Morgan fingerprint density at radius 2 is 2.05 bits per heavy atom. The lowest BCUT2D eigenvalue weighted by molar-refractivity contribution is -0.135. The van der Waals surface area contributed by atoms with Crippen LogP contribution in [-0.2, 0) is 14.3 Å². The highest BCUT2D eigenvalue weighted by Gasteiger charge is 2.25. The molecule has 1 aromatic rings. The van der Waals surface area contributed by atoms with Crippen LogP contribution >= 0.6 is 35.0 Å². The summed E-state index contributed by atoms with van der Waals surface area (Å²) < 4.78 is 4.46. The molecule has 104 valence electrons. The van der Waals surface area contributed by atoms with Crippen LogP contribution in [0.4, 0.5) is 5.69 Å². The Morgan fingerprint density at radius 1 is 1.40 bits per heavy atom. The van der Waals surface area contributed by atoms with Gasteiger partial charge in [-0.05, 0) is 23.9 Å². The smallest absolute Gasteiger partial charge is 0.331 e. The van der Waals surface area contributed by atoms with Gasteiger partial charge < -0.3 is 10.1 Å². The SMILES string of the molecule is COC(=O)C=C1SC(=Nc2c(Cl)cccc2Cl)NC1=O. The molecular weight excluding hydrogens is 323 g/mol. The van der Waals surface area contributed by atoms with Gasteiger partial charge in [0.15, 0.2) is 5.17 Å². The van der Waals surface area contributed by atoms with Crippen LogP contribution in [0.15, 0.2) is 34.2 Å². The average molecular weight is 331 g/mol. The molecule has 1 saturated heterocycles. The van der Waals surface area contributed by atoms with Crippen molar-refractivity contribution in [3.63, 3.8) is 0 Å². The van der Waals surface area contributed by atoms with Crippen molar-refractivity contribution in [2.45, 2.75) is 0 Å². The summed E-state index contributed by atoms with van der Waals surface area (Å²) in [4.78, 5) is 27.1. The van der Waals surface area contributed by atoms with E-state index in [2.05, 4.69) is 15.0 Å². The fourth-order valence-corrected chi connectivity index (χ4v) is 2.61. The standard InChI is InChI=1S/C12H8Cl2N2O3S/c1-19-9(17)5-8-11(18)16-12(20-8)15-10-6(13)3-2-4-7(10)14/h2-5H,1H3,(H,15,16,18). The van der Waals surface area contributed by atoms with Crippen molar-refractivity contribution in [1.29, 1.82) is 0 Å². The Morgan fingerprint density at radius 3 is 2.65 bits per heavy atom. The van der Waals surface area contributed by atoms with Crippen molar-refractivity contribution in [3.8, 4) is 0 Å². The predicted molar refractivity (Wildman–Crippen MR) is 79.4 cm³/mol. The number of esters is 1. The van der Waals surface area contributed by atoms with Crippen molar-refractivity contribution in [3.05, 3.63) is 39.2 Å². The van der Waals surface area contributed by atoms with Crippen molar-refractivity contribution in [1.82, 2.24) is 5.32 Å². The van der Waals surface area contributed by atoms with Crippen molar-refractivity contribution in [2.24, 2.45) is 4.99 Å². The molecular formula is C12H8Cl2N2O3S. The zero-order chi connectivity index (χ0) is 14.7. The molecule has 2 rings (SSSR count). The molecule has 5 nitrogen and oxygen atoms in total. The Hall–Kier alpha value is -1.50. The molecule has 1 aliphatic heterocycles. The van der Waals surface area contributed by atoms with Crippen LogP contribution in [0, 0.1) is 0 Å². The molecule has 0 aliphatic carbocycles. The van der Waals surface area contributed by atoms with Crippen LogP contribution in [0.1, 0.15) is 0 Å². The summed E-state index contributed by atoms with van der Waals surface area (Å²) in [5.41, 5.74) is 0.359. The second-order valence-electron chi connectivity index (χ2n) is 3.58. The van der Waals surface area contributed by atoms with Gasteiger partial charge in [-0.1, -0.05) is 29.3 Å². The average Bonchev–Trinajstić information content (AvgIpc) is 2.74. The van der Waals surface area contributed by atoms with E-state index in [-0.39, 0.29) is 4.91 Å². The largest absolute Gasteiger partial charge is 0.466 e. The quantitative estimate of drug-likeness (QED) is 0.668. The second kappa shape index (κ2) is 6.30. The Labute approximate surface area is 129 Å². The number of benzene rings is 1. The molecule has 0 radical (unpaired) electrons. The lowest BCUT2D eigenvalue weighted by Crippen LogP contribution is -2.19. The first-order valence-corrected chi connectivity index (χ1v) is 6.90. The van der Waals surface area contributed by atoms with Crippen molar-refractivity contribution in [2.75, 3.05) is 7.11 Å². The third-order valence-corrected chi connectivity index (χ3v) is 3.77. The van der Waals surface area contributed by atoms with Gasteiger partial charge in [0.05, 0.1) is 22.1 Å². The zero-order valence-corrected chi connectivity index (χ0v) is 12.5. The van der Waals surface area contributed by atoms with Gasteiger partial charge >= 0.3 is 5.97 Å². The minimum atomic E-state index is -0.611. The van der Waals surface area contributed by atoms with Crippen LogP contribution in [-0.4, -0.2) is 24.2 Å². The molecule has 0 atom stereocenters. The highest BCUT2D eigenvalue weighted by Crippen LogP contribution is 2.35. The van der Waals surface area contributed by atoms with E-state index in [1.807, 2.05) is 0 Å². The van der Waals surface area contributed by atoms with E-state index in [1.165, 1.54) is 7.11 Å². The summed E-state index contributed by atoms with van der Waals surface area (Å²) in [7, 11) is 1.23. The molecule has 0 unspecified atom stereocenters. The van der Waals surface area contributed by atoms with Crippen LogP contribution < -0.4 is 5.32 Å². The molecule has 1 heterocycles. The minimum Gasteiger partial charge on any atom is -0.466 e. The fraction of sp³-hybridized carbons (Fsp3) is 0.0833. The third-order valence-electron chi connectivity index (χ3n) is 2.25. The van der Waals surface area contributed by atoms with Gasteiger partial charge in [0.1, 0.15) is 5.69 Å². The number of amidine groups is 1. The molecule has 1 fully saturated rings. The van der Waals surface area contributed by atoms with E-state index in [0.29, 0.717) is 20.9 Å². The number of aliphatic imine (C=N–C) groups is 1. The van der Waals surface area contributed by atoms with E-state index in [9.17, 15) is 9.59 Å². The number of para-hydroxylation sites is 1. The van der Waals surface area contributed by atoms with Gasteiger partial charge in [0.25, 0.3) is 5.91 Å². The lowest BCUT2D eigenvalue weighted by atomic mass is 10.3. The van der Waals surface area contributed by atoms with Gasteiger partial charge in [-0.3, -0.25) is 4.79 Å². The maximum Gasteiger partial charge on any atom is 0.331 e. The predicted octanol–water partition coefficient (Wildman–Crippen LogP) is 2.90. The molecule has 0 saturated carbocycles. The van der Waals surface area contributed by atoms with E-state index in [0.717, 1.165) is 17.8 Å². The van der Waals surface area contributed by atoms with Crippen LogP contribution in [0.25, 0.3) is 0 Å². The zero-order valence-electron chi connectivity index (χ0n) is 10.1. The first kappa shape index (κ1) is 14.9. The number of rotatable bonds is 2. The van der Waals surface area contributed by atoms with E-state index < -0.39 is 11.9 Å². The number of ether oxygens (including phenoxy) is 1. The summed E-state index contributed by atoms with van der Waals surface area (Å²) in [6.45, 7) is 0. The fourth-order valence-electron chi connectivity index (χ4n) is 1.34. The molecule has 1 amide bonds. The third kappa shape index (κ3) is 3.33. The molecule has 1 N–H and O–H groups in total. The summed E-state index contributed by atoms with van der Waals surface area (Å²) in [5.74, 6) is -1.04. The second-order valence-corrected chi connectivity index (χ2v) is 5.42. The van der Waals surface area contributed by atoms with E-state index >= 15 is 0 Å². The number of thioether (sulfide) groups is 1. The molecule has 1 aromatic carbocycles. The maximum atomic E-state index is 11.6. The van der Waals surface area contributed by atoms with E-state index in [1.54, 1.807) is 18.2 Å². The Kier molecular flexibility index (Phi) is 4.69. The number of carbonyl (C=O) groups excluding carboxylic acids is 2. The van der Waals surface area contributed by atoms with Gasteiger partial charge in [-0.15, -0.1) is 0 Å². The minimum absolute atomic E-state index is 0.193. The monoisotopic (exact) mass is 330 g/mol. The molecule has 0 bridgehead atoms. The Bertz CT molecular complexity index is 623. The van der Waals surface area contributed by atoms with Gasteiger partial charge in [-0.2, -0.15) is 0 Å². The van der Waals surface area contributed by atoms with Gasteiger partial charge in [0.2, 0.25) is 0 Å². The van der Waals surface area contributed by atoms with Gasteiger partial charge in [0, 0.05) is 6.08 Å². The molecule has 20 heavy (non-hydrogen) atoms. The number of nitrogens with zero attached hydrogens (tertiary/aromatic N) is 1. The number of nitrogens with one attached hydrogen (secondary N) is 1. The number of hydrogen-bond acceptors (Lipinski definition) is 5. The summed E-state index contributed by atoms with van der Waals surface area (Å²) in [6, 6.07) is 4.97. The molecule has 0 spiro atoms.